The van der Waals surface area contributed by atoms with Crippen LogP contribution in [0.5, 0.6) is 0 Å². The van der Waals surface area contributed by atoms with Crippen molar-refractivity contribution in [3.8, 4) is 0 Å². The summed E-state index contributed by atoms with van der Waals surface area (Å²) in [4.78, 5) is 0. The first-order valence-electron chi connectivity index (χ1n) is 5.06. The highest BCUT2D eigenvalue weighted by molar-refractivity contribution is 5.41. The third kappa shape index (κ3) is 2.37. The Labute approximate surface area is 89.7 Å². The van der Waals surface area contributed by atoms with Gasteiger partial charge >= 0.3 is 0 Å². The molecule has 15 heavy (non-hydrogen) atoms. The van der Waals surface area contributed by atoms with Crippen LogP contribution in [-0.2, 0) is 6.67 Å². The van der Waals surface area contributed by atoms with Gasteiger partial charge in [-0.1, -0.05) is 18.2 Å². The number of anilines is 1. The van der Waals surface area contributed by atoms with E-state index in [2.05, 4.69) is 23.4 Å². The number of nitrogens with zero attached hydrogens (tertiary/aromatic N) is 2. The number of rotatable bonds is 3. The lowest BCUT2D eigenvalue weighted by molar-refractivity contribution is 0.644. The number of para-hydroxylation sites is 1. The lowest BCUT2D eigenvalue weighted by Gasteiger charge is -2.07. The van der Waals surface area contributed by atoms with Crippen LogP contribution in [0.1, 0.15) is 11.4 Å². The number of aryl methyl sites for hydroxylation is 2. The molecule has 0 atom stereocenters. The van der Waals surface area contributed by atoms with Crippen molar-refractivity contribution in [3.05, 3.63) is 47.8 Å². The van der Waals surface area contributed by atoms with Gasteiger partial charge < -0.3 is 5.32 Å². The van der Waals surface area contributed by atoms with E-state index in [4.69, 9.17) is 0 Å². The van der Waals surface area contributed by atoms with Crippen LogP contribution in [0.2, 0.25) is 0 Å². The number of hydrogen-bond donors (Lipinski definition) is 1. The third-order valence-electron chi connectivity index (χ3n) is 2.31. The summed E-state index contributed by atoms with van der Waals surface area (Å²) in [6.07, 6.45) is 0. The first kappa shape index (κ1) is 9.77. The highest BCUT2D eigenvalue weighted by atomic mass is 15.3. The lowest BCUT2D eigenvalue weighted by atomic mass is 10.3. The molecule has 0 saturated carbocycles. The van der Waals surface area contributed by atoms with Gasteiger partial charge in [-0.25, -0.2) is 0 Å². The van der Waals surface area contributed by atoms with Crippen LogP contribution in [0.25, 0.3) is 0 Å². The van der Waals surface area contributed by atoms with Gasteiger partial charge in [-0.2, -0.15) is 5.10 Å². The van der Waals surface area contributed by atoms with E-state index in [9.17, 15) is 0 Å². The first-order chi connectivity index (χ1) is 7.25. The fourth-order valence-electron chi connectivity index (χ4n) is 1.56. The summed E-state index contributed by atoms with van der Waals surface area (Å²) >= 11 is 0. The minimum Gasteiger partial charge on any atom is -0.366 e. The molecule has 3 heteroatoms. The van der Waals surface area contributed by atoms with Gasteiger partial charge in [0.1, 0.15) is 6.67 Å². The molecule has 0 aliphatic heterocycles. The van der Waals surface area contributed by atoms with Crippen LogP contribution in [0.15, 0.2) is 36.4 Å². The number of nitrogens with one attached hydrogen (secondary N) is 1. The highest BCUT2D eigenvalue weighted by Crippen LogP contribution is 2.06. The van der Waals surface area contributed by atoms with Gasteiger partial charge in [0, 0.05) is 11.4 Å². The zero-order valence-electron chi connectivity index (χ0n) is 9.07. The second-order valence-electron chi connectivity index (χ2n) is 3.63. The molecule has 2 aromatic rings. The van der Waals surface area contributed by atoms with Gasteiger partial charge in [0.2, 0.25) is 0 Å². The van der Waals surface area contributed by atoms with Crippen LogP contribution >= 0.6 is 0 Å². The van der Waals surface area contributed by atoms with Crippen molar-refractivity contribution in [1.82, 2.24) is 9.78 Å². The van der Waals surface area contributed by atoms with Crippen LogP contribution in [0.3, 0.4) is 0 Å². The second kappa shape index (κ2) is 4.17. The van der Waals surface area contributed by atoms with E-state index in [1.165, 1.54) is 5.69 Å². The van der Waals surface area contributed by atoms with E-state index in [1.54, 1.807) is 0 Å². The zero-order chi connectivity index (χ0) is 10.7. The van der Waals surface area contributed by atoms with Gasteiger partial charge in [0.15, 0.2) is 0 Å². The first-order valence-corrected chi connectivity index (χ1v) is 5.06. The maximum absolute atomic E-state index is 4.38. The van der Waals surface area contributed by atoms with Gasteiger partial charge in [-0.15, -0.1) is 0 Å². The third-order valence-corrected chi connectivity index (χ3v) is 2.31. The summed E-state index contributed by atoms with van der Waals surface area (Å²) in [6.45, 7) is 4.78. The van der Waals surface area contributed by atoms with Gasteiger partial charge in [0.05, 0.1) is 5.69 Å². The molecule has 78 valence electrons. The van der Waals surface area contributed by atoms with Crippen molar-refractivity contribution in [3.63, 3.8) is 0 Å². The average Bonchev–Trinajstić information content (AvgIpc) is 2.56. The lowest BCUT2D eigenvalue weighted by Crippen LogP contribution is -2.10. The second-order valence-corrected chi connectivity index (χ2v) is 3.63. The molecule has 1 N–H and O–H groups in total. The summed E-state index contributed by atoms with van der Waals surface area (Å²) in [5.74, 6) is 0. The molecule has 3 nitrogen and oxygen atoms in total. The van der Waals surface area contributed by atoms with Crippen molar-refractivity contribution >= 4 is 5.69 Å². The van der Waals surface area contributed by atoms with Crippen molar-refractivity contribution in [1.29, 1.82) is 0 Å². The van der Waals surface area contributed by atoms with E-state index in [1.807, 2.05) is 41.9 Å². The standard InChI is InChI=1S/C12H15N3/c1-10-8-11(2)15(14-10)9-13-12-6-4-3-5-7-12/h3-8,13H,9H2,1-2H3. The Bertz CT molecular complexity index is 431. The molecular formula is C12H15N3. The van der Waals surface area contributed by atoms with E-state index >= 15 is 0 Å². The zero-order valence-corrected chi connectivity index (χ0v) is 9.07. The Morgan fingerprint density at radius 3 is 2.53 bits per heavy atom. The predicted molar refractivity (Wildman–Crippen MR) is 61.8 cm³/mol. The normalized spacial score (nSPS) is 10.3. The number of aromatic nitrogens is 2. The van der Waals surface area contributed by atoms with Gasteiger partial charge in [-0.05, 0) is 32.0 Å². The van der Waals surface area contributed by atoms with Gasteiger partial charge in [0.25, 0.3) is 0 Å². The van der Waals surface area contributed by atoms with E-state index in [-0.39, 0.29) is 0 Å². The minimum absolute atomic E-state index is 0.712. The van der Waals surface area contributed by atoms with Gasteiger partial charge in [-0.3, -0.25) is 4.68 Å². The van der Waals surface area contributed by atoms with E-state index in [0.29, 0.717) is 6.67 Å². The number of hydrogen-bond acceptors (Lipinski definition) is 2. The Kier molecular flexibility index (Phi) is 2.72. The molecule has 0 radical (unpaired) electrons. The maximum Gasteiger partial charge on any atom is 0.109 e. The fourth-order valence-corrected chi connectivity index (χ4v) is 1.56. The summed E-state index contributed by atoms with van der Waals surface area (Å²) in [5.41, 5.74) is 3.35. The minimum atomic E-state index is 0.712. The van der Waals surface area contributed by atoms with Crippen molar-refractivity contribution in [2.75, 3.05) is 5.32 Å². The largest absolute Gasteiger partial charge is 0.366 e. The molecule has 1 aromatic heterocycles. The predicted octanol–water partition coefficient (Wildman–Crippen LogP) is 2.57. The summed E-state index contributed by atoms with van der Waals surface area (Å²) in [7, 11) is 0. The number of benzene rings is 1. The molecule has 1 heterocycles. The Morgan fingerprint density at radius 2 is 1.93 bits per heavy atom. The quantitative estimate of drug-likeness (QED) is 0.827. The topological polar surface area (TPSA) is 29.9 Å². The molecule has 0 fully saturated rings. The molecule has 0 aliphatic carbocycles. The summed E-state index contributed by atoms with van der Waals surface area (Å²) in [6, 6.07) is 12.2. The SMILES string of the molecule is Cc1cc(C)n(CNc2ccccc2)n1. The molecule has 0 bridgehead atoms. The molecule has 0 amide bonds. The van der Waals surface area contributed by atoms with Crippen LogP contribution in [0.4, 0.5) is 5.69 Å². The monoisotopic (exact) mass is 201 g/mol. The molecular weight excluding hydrogens is 186 g/mol. The van der Waals surface area contributed by atoms with Crippen LogP contribution in [-0.4, -0.2) is 9.78 Å². The maximum atomic E-state index is 4.38. The Balaban J connectivity index is 2.02. The molecule has 0 unspecified atom stereocenters. The fraction of sp³-hybridized carbons (Fsp3) is 0.250. The molecule has 0 aliphatic rings. The summed E-state index contributed by atoms with van der Waals surface area (Å²) < 4.78 is 1.96. The Morgan fingerprint density at radius 1 is 1.20 bits per heavy atom. The van der Waals surface area contributed by atoms with Crippen molar-refractivity contribution in [2.24, 2.45) is 0 Å². The van der Waals surface area contributed by atoms with Crippen molar-refractivity contribution in [2.45, 2.75) is 20.5 Å². The molecule has 1 aromatic carbocycles. The van der Waals surface area contributed by atoms with E-state index < -0.39 is 0 Å². The summed E-state index contributed by atoms with van der Waals surface area (Å²) in [5, 5.41) is 7.70. The molecule has 2 rings (SSSR count). The average molecular weight is 201 g/mol. The van der Waals surface area contributed by atoms with Crippen molar-refractivity contribution < 1.29 is 0 Å². The van der Waals surface area contributed by atoms with Crippen LogP contribution < -0.4 is 5.32 Å². The smallest absolute Gasteiger partial charge is 0.109 e. The molecule has 0 spiro atoms. The van der Waals surface area contributed by atoms with Crippen LogP contribution in [0, 0.1) is 13.8 Å². The Hall–Kier alpha value is -1.77. The van der Waals surface area contributed by atoms with E-state index in [0.717, 1.165) is 11.4 Å². The highest BCUT2D eigenvalue weighted by Gasteiger charge is 1.99. The molecule has 0 saturated heterocycles.